The molecule has 116 valence electrons. The summed E-state index contributed by atoms with van der Waals surface area (Å²) in [5.41, 5.74) is 1.87. The molecule has 1 atom stereocenters. The second kappa shape index (κ2) is 6.89. The van der Waals surface area contributed by atoms with E-state index in [2.05, 4.69) is 15.3 Å². The van der Waals surface area contributed by atoms with Gasteiger partial charge in [0.2, 0.25) is 0 Å². The summed E-state index contributed by atoms with van der Waals surface area (Å²) in [5.74, 6) is 1.10. The molecule has 1 N–H and O–H groups in total. The van der Waals surface area contributed by atoms with Gasteiger partial charge in [-0.3, -0.25) is 9.78 Å². The summed E-state index contributed by atoms with van der Waals surface area (Å²) in [5, 5.41) is 2.88. The predicted molar refractivity (Wildman–Crippen MR) is 82.2 cm³/mol. The molecule has 0 aliphatic heterocycles. The largest absolute Gasteiger partial charge is 0.497 e. The van der Waals surface area contributed by atoms with Crippen LogP contribution in [0.2, 0.25) is 0 Å². The van der Waals surface area contributed by atoms with Crippen molar-refractivity contribution in [1.29, 1.82) is 0 Å². The van der Waals surface area contributed by atoms with E-state index in [0.717, 1.165) is 11.3 Å². The first-order valence-electron chi connectivity index (χ1n) is 6.86. The van der Waals surface area contributed by atoms with Gasteiger partial charge in [0, 0.05) is 11.8 Å². The minimum absolute atomic E-state index is 0.263. The van der Waals surface area contributed by atoms with Gasteiger partial charge in [-0.15, -0.1) is 0 Å². The maximum Gasteiger partial charge on any atom is 0.271 e. The average Bonchev–Trinajstić information content (AvgIpc) is 2.54. The smallest absolute Gasteiger partial charge is 0.271 e. The Labute approximate surface area is 129 Å². The van der Waals surface area contributed by atoms with Crippen molar-refractivity contribution >= 4 is 5.91 Å². The summed E-state index contributed by atoms with van der Waals surface area (Å²) >= 11 is 0. The van der Waals surface area contributed by atoms with Crippen LogP contribution in [0, 0.1) is 6.92 Å². The third kappa shape index (κ3) is 3.52. The van der Waals surface area contributed by atoms with Crippen molar-refractivity contribution in [2.45, 2.75) is 19.9 Å². The number of aromatic nitrogens is 2. The molecule has 22 heavy (non-hydrogen) atoms. The number of nitrogens with one attached hydrogen (secondary N) is 1. The zero-order valence-corrected chi connectivity index (χ0v) is 13.1. The molecule has 0 aliphatic carbocycles. The van der Waals surface area contributed by atoms with Crippen LogP contribution in [0.5, 0.6) is 11.5 Å². The number of rotatable bonds is 5. The second-order valence-electron chi connectivity index (χ2n) is 4.85. The predicted octanol–water partition coefficient (Wildman–Crippen LogP) is 2.29. The lowest BCUT2D eigenvalue weighted by Crippen LogP contribution is -2.27. The number of nitrogens with zero attached hydrogens (tertiary/aromatic N) is 2. The number of methoxy groups -OCH3 is 2. The summed E-state index contributed by atoms with van der Waals surface area (Å²) in [6, 6.07) is 5.19. The molecule has 2 rings (SSSR count). The standard InChI is InChI=1S/C16H19N3O3/c1-10-8-18-14(9-17-10)16(20)19-11(2)13-7-12(21-3)5-6-15(13)22-4/h5-9,11H,1-4H3,(H,19,20). The van der Waals surface area contributed by atoms with Gasteiger partial charge in [0.15, 0.2) is 0 Å². The minimum Gasteiger partial charge on any atom is -0.497 e. The summed E-state index contributed by atoms with van der Waals surface area (Å²) in [6.07, 6.45) is 3.02. The summed E-state index contributed by atoms with van der Waals surface area (Å²) in [6.45, 7) is 3.69. The number of hydrogen-bond acceptors (Lipinski definition) is 5. The minimum atomic E-state index is -0.287. The van der Waals surface area contributed by atoms with Crippen LogP contribution in [-0.2, 0) is 0 Å². The van der Waals surface area contributed by atoms with Gasteiger partial charge in [0.25, 0.3) is 5.91 Å². The van der Waals surface area contributed by atoms with Gasteiger partial charge >= 0.3 is 0 Å². The molecular formula is C16H19N3O3. The molecule has 0 saturated carbocycles. The number of hydrogen-bond donors (Lipinski definition) is 1. The first-order valence-corrected chi connectivity index (χ1v) is 6.86. The van der Waals surface area contributed by atoms with Crippen LogP contribution in [0.25, 0.3) is 0 Å². The summed E-state index contributed by atoms with van der Waals surface area (Å²) in [7, 11) is 3.18. The highest BCUT2D eigenvalue weighted by atomic mass is 16.5. The molecule has 6 heteroatoms. The third-order valence-electron chi connectivity index (χ3n) is 3.26. The Morgan fingerprint density at radius 2 is 1.95 bits per heavy atom. The Morgan fingerprint density at radius 1 is 1.18 bits per heavy atom. The van der Waals surface area contributed by atoms with E-state index in [1.807, 2.05) is 32.0 Å². The first kappa shape index (κ1) is 15.8. The fourth-order valence-corrected chi connectivity index (χ4v) is 2.04. The Morgan fingerprint density at radius 3 is 2.55 bits per heavy atom. The van der Waals surface area contributed by atoms with Crippen LogP contribution >= 0.6 is 0 Å². The highest BCUT2D eigenvalue weighted by molar-refractivity contribution is 5.92. The highest BCUT2D eigenvalue weighted by Crippen LogP contribution is 2.29. The zero-order valence-electron chi connectivity index (χ0n) is 13.1. The Kier molecular flexibility index (Phi) is 4.93. The van der Waals surface area contributed by atoms with Crippen molar-refractivity contribution in [2.75, 3.05) is 14.2 Å². The summed E-state index contributed by atoms with van der Waals surface area (Å²) < 4.78 is 10.6. The number of benzene rings is 1. The van der Waals surface area contributed by atoms with E-state index >= 15 is 0 Å². The molecular weight excluding hydrogens is 282 g/mol. The van der Waals surface area contributed by atoms with Crippen LogP contribution in [0.4, 0.5) is 0 Å². The Balaban J connectivity index is 2.19. The van der Waals surface area contributed by atoms with E-state index < -0.39 is 0 Å². The second-order valence-corrected chi connectivity index (χ2v) is 4.85. The quantitative estimate of drug-likeness (QED) is 0.917. The van der Waals surface area contributed by atoms with Crippen LogP contribution < -0.4 is 14.8 Å². The molecule has 0 aliphatic rings. The van der Waals surface area contributed by atoms with Crippen molar-refractivity contribution in [3.8, 4) is 11.5 Å². The molecule has 0 fully saturated rings. The molecule has 0 bridgehead atoms. The van der Waals surface area contributed by atoms with Crippen molar-refractivity contribution < 1.29 is 14.3 Å². The molecule has 0 saturated heterocycles. The van der Waals surface area contributed by atoms with Crippen molar-refractivity contribution in [3.05, 3.63) is 47.5 Å². The Bertz CT molecular complexity index is 656. The molecule has 1 aromatic heterocycles. The van der Waals surface area contributed by atoms with E-state index in [0.29, 0.717) is 11.5 Å². The number of amides is 1. The van der Waals surface area contributed by atoms with Gasteiger partial charge in [-0.2, -0.15) is 0 Å². The maximum absolute atomic E-state index is 12.2. The molecule has 1 unspecified atom stereocenters. The fourth-order valence-electron chi connectivity index (χ4n) is 2.04. The molecule has 0 spiro atoms. The third-order valence-corrected chi connectivity index (χ3v) is 3.26. The van der Waals surface area contributed by atoms with Crippen molar-refractivity contribution in [2.24, 2.45) is 0 Å². The molecule has 0 radical (unpaired) electrons. The van der Waals surface area contributed by atoms with E-state index in [1.54, 1.807) is 20.4 Å². The Hall–Kier alpha value is -2.63. The number of ether oxygens (including phenoxy) is 2. The molecule has 1 amide bonds. The molecule has 2 aromatic rings. The van der Waals surface area contributed by atoms with Crippen molar-refractivity contribution in [3.63, 3.8) is 0 Å². The number of carbonyl (C=O) groups is 1. The van der Waals surface area contributed by atoms with Gasteiger partial charge < -0.3 is 14.8 Å². The topological polar surface area (TPSA) is 73.3 Å². The normalized spacial score (nSPS) is 11.6. The van der Waals surface area contributed by atoms with Crippen LogP contribution in [0.15, 0.2) is 30.6 Å². The van der Waals surface area contributed by atoms with Gasteiger partial charge in [-0.05, 0) is 32.0 Å². The maximum atomic E-state index is 12.2. The molecule has 6 nitrogen and oxygen atoms in total. The van der Waals surface area contributed by atoms with Gasteiger partial charge in [0.1, 0.15) is 17.2 Å². The van der Waals surface area contributed by atoms with E-state index in [4.69, 9.17) is 9.47 Å². The average molecular weight is 301 g/mol. The van der Waals surface area contributed by atoms with Gasteiger partial charge in [-0.25, -0.2) is 4.98 Å². The highest BCUT2D eigenvalue weighted by Gasteiger charge is 2.17. The van der Waals surface area contributed by atoms with E-state index in [9.17, 15) is 4.79 Å². The van der Waals surface area contributed by atoms with Crippen LogP contribution in [-0.4, -0.2) is 30.1 Å². The van der Waals surface area contributed by atoms with Crippen molar-refractivity contribution in [1.82, 2.24) is 15.3 Å². The summed E-state index contributed by atoms with van der Waals surface area (Å²) in [4.78, 5) is 20.4. The van der Waals surface area contributed by atoms with Crippen LogP contribution in [0.1, 0.15) is 34.7 Å². The van der Waals surface area contributed by atoms with Gasteiger partial charge in [-0.1, -0.05) is 0 Å². The number of aryl methyl sites for hydroxylation is 1. The molecule has 1 aromatic carbocycles. The SMILES string of the molecule is COc1ccc(OC)c(C(C)NC(=O)c2cnc(C)cn2)c1. The van der Waals surface area contributed by atoms with E-state index in [-0.39, 0.29) is 17.6 Å². The zero-order chi connectivity index (χ0) is 16.1. The van der Waals surface area contributed by atoms with Gasteiger partial charge in [0.05, 0.1) is 32.2 Å². The fraction of sp³-hybridized carbons (Fsp3) is 0.312. The van der Waals surface area contributed by atoms with E-state index in [1.165, 1.54) is 6.20 Å². The number of carbonyl (C=O) groups excluding carboxylic acids is 1. The molecule has 1 heterocycles. The monoisotopic (exact) mass is 301 g/mol. The lowest BCUT2D eigenvalue weighted by molar-refractivity contribution is 0.0934. The lowest BCUT2D eigenvalue weighted by Gasteiger charge is -2.18. The first-order chi connectivity index (χ1) is 10.5. The lowest BCUT2D eigenvalue weighted by atomic mass is 10.1. The van der Waals surface area contributed by atoms with Crippen LogP contribution in [0.3, 0.4) is 0 Å².